The van der Waals surface area contributed by atoms with Gasteiger partial charge in [-0.05, 0) is 31.0 Å². The molecule has 1 aromatic carbocycles. The zero-order valence-electron chi connectivity index (χ0n) is 15.3. The van der Waals surface area contributed by atoms with Gasteiger partial charge in [-0.2, -0.15) is 5.10 Å². The number of hydrogen-bond donors (Lipinski definition) is 1. The summed E-state index contributed by atoms with van der Waals surface area (Å²) in [6.07, 6.45) is 7.03. The van der Waals surface area contributed by atoms with E-state index in [0.29, 0.717) is 24.3 Å². The molecule has 0 aliphatic heterocycles. The first-order valence-electron chi connectivity index (χ1n) is 8.74. The number of rotatable bonds is 5. The molecule has 0 aliphatic rings. The van der Waals surface area contributed by atoms with Crippen LogP contribution in [-0.2, 0) is 13.1 Å². The van der Waals surface area contributed by atoms with E-state index in [1.54, 1.807) is 23.2 Å². The van der Waals surface area contributed by atoms with Gasteiger partial charge < -0.3 is 9.88 Å². The monoisotopic (exact) mass is 360 g/mol. The Balaban J connectivity index is 1.54. The Morgan fingerprint density at radius 1 is 1.19 bits per heavy atom. The second-order valence-electron chi connectivity index (χ2n) is 6.52. The van der Waals surface area contributed by atoms with Crippen molar-refractivity contribution >= 4 is 11.6 Å². The van der Waals surface area contributed by atoms with Crippen LogP contribution in [0, 0.1) is 13.8 Å². The molecule has 7 nitrogen and oxygen atoms in total. The lowest BCUT2D eigenvalue weighted by molar-refractivity contribution is 0.0952. The van der Waals surface area contributed by atoms with Gasteiger partial charge in [0.1, 0.15) is 5.56 Å². The van der Waals surface area contributed by atoms with E-state index < -0.39 is 0 Å². The zero-order chi connectivity index (χ0) is 18.8. The standard InChI is InChI=1S/C20H20N6O/c1-14-9-15(2)26-19(24-14)18(11-23-26)20(27)22-10-16-5-3-4-6-17(16)12-25-8-7-21-13-25/h3-9,11,13H,10,12H2,1-2H3,(H,22,27). The van der Waals surface area contributed by atoms with E-state index in [0.717, 1.165) is 22.5 Å². The molecule has 4 rings (SSSR count). The molecule has 3 aromatic heterocycles. The molecule has 0 fully saturated rings. The lowest BCUT2D eigenvalue weighted by Gasteiger charge is -2.11. The Labute approximate surface area is 156 Å². The number of carbonyl (C=O) groups is 1. The van der Waals surface area contributed by atoms with Crippen molar-refractivity contribution in [1.82, 2.24) is 29.5 Å². The molecule has 0 bridgehead atoms. The number of amides is 1. The van der Waals surface area contributed by atoms with Crippen molar-refractivity contribution in [2.75, 3.05) is 0 Å². The number of fused-ring (bicyclic) bond motifs is 1. The van der Waals surface area contributed by atoms with Gasteiger partial charge in [-0.1, -0.05) is 24.3 Å². The second-order valence-corrected chi connectivity index (χ2v) is 6.52. The van der Waals surface area contributed by atoms with Crippen molar-refractivity contribution in [1.29, 1.82) is 0 Å². The summed E-state index contributed by atoms with van der Waals surface area (Å²) in [5, 5.41) is 7.28. The fraction of sp³-hybridized carbons (Fsp3) is 0.200. The fourth-order valence-corrected chi connectivity index (χ4v) is 3.16. The number of carbonyl (C=O) groups excluding carboxylic acids is 1. The molecule has 7 heteroatoms. The molecular weight excluding hydrogens is 340 g/mol. The van der Waals surface area contributed by atoms with Crippen LogP contribution in [0.15, 0.2) is 55.2 Å². The summed E-state index contributed by atoms with van der Waals surface area (Å²) in [4.78, 5) is 21.3. The minimum absolute atomic E-state index is 0.181. The second kappa shape index (κ2) is 7.03. The van der Waals surface area contributed by atoms with Gasteiger partial charge in [0.05, 0.1) is 12.5 Å². The molecule has 0 aliphatic carbocycles. The predicted octanol–water partition coefficient (Wildman–Crippen LogP) is 2.52. The van der Waals surface area contributed by atoms with Crippen molar-refractivity contribution in [3.05, 3.63) is 83.3 Å². The van der Waals surface area contributed by atoms with Gasteiger partial charge in [0.2, 0.25) is 0 Å². The van der Waals surface area contributed by atoms with Crippen molar-refractivity contribution in [2.24, 2.45) is 0 Å². The lowest BCUT2D eigenvalue weighted by Crippen LogP contribution is -2.23. The van der Waals surface area contributed by atoms with E-state index in [1.165, 1.54) is 0 Å². The minimum atomic E-state index is -0.181. The Bertz CT molecular complexity index is 1100. The van der Waals surface area contributed by atoms with E-state index in [1.807, 2.05) is 48.9 Å². The van der Waals surface area contributed by atoms with Gasteiger partial charge in [0.25, 0.3) is 5.91 Å². The summed E-state index contributed by atoms with van der Waals surface area (Å²) in [6.45, 7) is 5.01. The van der Waals surface area contributed by atoms with Crippen LogP contribution < -0.4 is 5.32 Å². The molecule has 136 valence electrons. The number of aryl methyl sites for hydroxylation is 2. The van der Waals surface area contributed by atoms with Crippen LogP contribution in [0.25, 0.3) is 5.65 Å². The van der Waals surface area contributed by atoms with Crippen LogP contribution in [-0.4, -0.2) is 30.1 Å². The molecule has 0 saturated carbocycles. The third-order valence-corrected chi connectivity index (χ3v) is 4.49. The molecule has 3 heterocycles. The molecule has 0 unspecified atom stereocenters. The van der Waals surface area contributed by atoms with Crippen LogP contribution in [0.3, 0.4) is 0 Å². The summed E-state index contributed by atoms with van der Waals surface area (Å²) in [7, 11) is 0. The molecular formula is C20H20N6O. The van der Waals surface area contributed by atoms with Gasteiger partial charge in [-0.3, -0.25) is 4.79 Å². The van der Waals surface area contributed by atoms with Crippen LogP contribution in [0.5, 0.6) is 0 Å². The molecule has 0 radical (unpaired) electrons. The number of aromatic nitrogens is 5. The molecule has 27 heavy (non-hydrogen) atoms. The van der Waals surface area contributed by atoms with Crippen molar-refractivity contribution in [2.45, 2.75) is 26.9 Å². The Morgan fingerprint density at radius 2 is 2.00 bits per heavy atom. The summed E-state index contributed by atoms with van der Waals surface area (Å²) < 4.78 is 3.69. The highest BCUT2D eigenvalue weighted by Crippen LogP contribution is 2.14. The maximum atomic E-state index is 12.7. The van der Waals surface area contributed by atoms with Crippen LogP contribution in [0.2, 0.25) is 0 Å². The number of nitrogens with one attached hydrogen (secondary N) is 1. The Morgan fingerprint density at radius 3 is 2.78 bits per heavy atom. The van der Waals surface area contributed by atoms with E-state index in [2.05, 4.69) is 26.4 Å². The normalized spacial score (nSPS) is 11.0. The number of benzene rings is 1. The zero-order valence-corrected chi connectivity index (χ0v) is 15.3. The van der Waals surface area contributed by atoms with Crippen LogP contribution in [0.4, 0.5) is 0 Å². The van der Waals surface area contributed by atoms with Crippen LogP contribution >= 0.6 is 0 Å². The first-order valence-corrected chi connectivity index (χ1v) is 8.74. The molecule has 1 amide bonds. The summed E-state index contributed by atoms with van der Waals surface area (Å²) in [5.41, 5.74) is 5.07. The summed E-state index contributed by atoms with van der Waals surface area (Å²) in [5.74, 6) is -0.181. The third kappa shape index (κ3) is 3.44. The number of nitrogens with zero attached hydrogens (tertiary/aromatic N) is 5. The molecule has 0 atom stereocenters. The maximum absolute atomic E-state index is 12.7. The van der Waals surface area contributed by atoms with Gasteiger partial charge in [0, 0.05) is 36.9 Å². The van der Waals surface area contributed by atoms with Gasteiger partial charge in [-0.25, -0.2) is 14.5 Å². The van der Waals surface area contributed by atoms with E-state index in [-0.39, 0.29) is 5.91 Å². The molecule has 1 N–H and O–H groups in total. The maximum Gasteiger partial charge on any atom is 0.257 e. The average molecular weight is 360 g/mol. The topological polar surface area (TPSA) is 77.1 Å². The first-order chi connectivity index (χ1) is 13.1. The summed E-state index contributed by atoms with van der Waals surface area (Å²) >= 11 is 0. The minimum Gasteiger partial charge on any atom is -0.348 e. The highest BCUT2D eigenvalue weighted by molar-refractivity contribution is 5.99. The Kier molecular flexibility index (Phi) is 4.42. The lowest BCUT2D eigenvalue weighted by atomic mass is 10.1. The average Bonchev–Trinajstić information content (AvgIpc) is 3.30. The third-order valence-electron chi connectivity index (χ3n) is 4.49. The van der Waals surface area contributed by atoms with Crippen molar-refractivity contribution in [3.63, 3.8) is 0 Å². The van der Waals surface area contributed by atoms with Gasteiger partial charge >= 0.3 is 0 Å². The van der Waals surface area contributed by atoms with Gasteiger partial charge in [-0.15, -0.1) is 0 Å². The smallest absolute Gasteiger partial charge is 0.257 e. The molecule has 4 aromatic rings. The summed E-state index contributed by atoms with van der Waals surface area (Å²) in [6, 6.07) is 10.00. The van der Waals surface area contributed by atoms with E-state index in [9.17, 15) is 4.79 Å². The van der Waals surface area contributed by atoms with Crippen LogP contribution in [0.1, 0.15) is 32.9 Å². The van der Waals surface area contributed by atoms with Gasteiger partial charge in [0.15, 0.2) is 5.65 Å². The Hall–Kier alpha value is -3.48. The first kappa shape index (κ1) is 17.0. The largest absolute Gasteiger partial charge is 0.348 e. The highest BCUT2D eigenvalue weighted by Gasteiger charge is 2.15. The molecule has 0 saturated heterocycles. The number of hydrogen-bond acceptors (Lipinski definition) is 4. The fourth-order valence-electron chi connectivity index (χ4n) is 3.16. The van der Waals surface area contributed by atoms with Crippen molar-refractivity contribution < 1.29 is 4.79 Å². The van der Waals surface area contributed by atoms with E-state index >= 15 is 0 Å². The quantitative estimate of drug-likeness (QED) is 0.593. The molecule has 0 spiro atoms. The number of imidazole rings is 1. The highest BCUT2D eigenvalue weighted by atomic mass is 16.1. The van der Waals surface area contributed by atoms with Crippen molar-refractivity contribution in [3.8, 4) is 0 Å². The SMILES string of the molecule is Cc1cc(C)n2ncc(C(=O)NCc3ccccc3Cn3ccnc3)c2n1. The predicted molar refractivity (Wildman–Crippen MR) is 101 cm³/mol. The van der Waals surface area contributed by atoms with E-state index in [4.69, 9.17) is 0 Å².